The Morgan fingerprint density at radius 2 is 1.21 bits per heavy atom. The first kappa shape index (κ1) is 27.8. The fourth-order valence-electron chi connectivity index (χ4n) is 6.04. The molecule has 0 aliphatic carbocycles. The molecule has 0 saturated heterocycles. The SMILES string of the molecule is N#Cc1ccc(-c2ccc3c(c2)nc(-c2ccccc2)c2cc(-c4c(F)cc(C#N)cc4F)c4nn(-c5ccccc5)nc4c23)cc1. The minimum atomic E-state index is -0.876. The zero-order valence-electron chi connectivity index (χ0n) is 24.5. The van der Waals surface area contributed by atoms with Gasteiger partial charge in [-0.25, -0.2) is 13.8 Å². The summed E-state index contributed by atoms with van der Waals surface area (Å²) >= 11 is 0. The van der Waals surface area contributed by atoms with E-state index in [-0.39, 0.29) is 16.7 Å². The molecule has 0 fully saturated rings. The topological polar surface area (TPSA) is 91.2 Å². The van der Waals surface area contributed by atoms with E-state index in [1.54, 1.807) is 18.2 Å². The highest BCUT2D eigenvalue weighted by molar-refractivity contribution is 6.23. The zero-order valence-corrected chi connectivity index (χ0v) is 24.5. The quantitative estimate of drug-likeness (QED) is 0.185. The van der Waals surface area contributed by atoms with E-state index in [0.29, 0.717) is 38.9 Å². The fourth-order valence-corrected chi connectivity index (χ4v) is 6.04. The van der Waals surface area contributed by atoms with E-state index in [1.807, 2.05) is 97.1 Å². The molecule has 0 saturated carbocycles. The Bertz CT molecular complexity index is 2580. The monoisotopic (exact) mass is 610 g/mol. The van der Waals surface area contributed by atoms with Crippen LogP contribution in [0.4, 0.5) is 8.78 Å². The highest BCUT2D eigenvalue weighted by Gasteiger charge is 2.24. The van der Waals surface area contributed by atoms with E-state index in [9.17, 15) is 10.5 Å². The Hall–Kier alpha value is -6.77. The minimum Gasteiger partial charge on any atom is -0.247 e. The molecule has 2 aromatic heterocycles. The van der Waals surface area contributed by atoms with E-state index in [4.69, 9.17) is 15.2 Å². The van der Waals surface area contributed by atoms with E-state index < -0.39 is 11.6 Å². The molecule has 6 nitrogen and oxygen atoms in total. The second kappa shape index (κ2) is 11.0. The van der Waals surface area contributed by atoms with Crippen LogP contribution in [0.15, 0.2) is 121 Å². The van der Waals surface area contributed by atoms with Crippen LogP contribution >= 0.6 is 0 Å². The van der Waals surface area contributed by atoms with Gasteiger partial charge in [-0.1, -0.05) is 72.8 Å². The van der Waals surface area contributed by atoms with Gasteiger partial charge in [0.25, 0.3) is 0 Å². The summed E-state index contributed by atoms with van der Waals surface area (Å²) in [6, 6.07) is 39.9. The first-order valence-corrected chi connectivity index (χ1v) is 14.7. The lowest BCUT2D eigenvalue weighted by Gasteiger charge is -2.14. The summed E-state index contributed by atoms with van der Waals surface area (Å²) in [6.07, 6.45) is 0. The Kier molecular flexibility index (Phi) is 6.49. The number of aromatic nitrogens is 4. The smallest absolute Gasteiger partial charge is 0.135 e. The maximum absolute atomic E-state index is 15.7. The maximum Gasteiger partial charge on any atom is 0.135 e. The van der Waals surface area contributed by atoms with Crippen molar-refractivity contribution >= 4 is 32.7 Å². The Morgan fingerprint density at radius 1 is 0.574 bits per heavy atom. The Balaban J connectivity index is 1.51. The van der Waals surface area contributed by atoms with Gasteiger partial charge in [-0.05, 0) is 59.7 Å². The summed E-state index contributed by atoms with van der Waals surface area (Å²) in [7, 11) is 0. The summed E-state index contributed by atoms with van der Waals surface area (Å²) in [5.74, 6) is -1.75. The second-order valence-electron chi connectivity index (χ2n) is 11.0. The van der Waals surface area contributed by atoms with Crippen molar-refractivity contribution in [2.24, 2.45) is 0 Å². The van der Waals surface area contributed by atoms with Crippen molar-refractivity contribution in [2.75, 3.05) is 0 Å². The highest BCUT2D eigenvalue weighted by Crippen LogP contribution is 2.42. The number of hydrogen-bond donors (Lipinski definition) is 0. The van der Waals surface area contributed by atoms with Gasteiger partial charge < -0.3 is 0 Å². The van der Waals surface area contributed by atoms with Crippen LogP contribution in [0.1, 0.15) is 11.1 Å². The Labute approximate surface area is 267 Å². The molecule has 0 aliphatic rings. The molecule has 0 spiro atoms. The summed E-state index contributed by atoms with van der Waals surface area (Å²) < 4.78 is 31.4. The summed E-state index contributed by atoms with van der Waals surface area (Å²) in [5, 5.41) is 30.5. The Morgan fingerprint density at radius 3 is 1.89 bits per heavy atom. The number of para-hydroxylation sites is 1. The molecule has 8 rings (SSSR count). The van der Waals surface area contributed by atoms with Crippen LogP contribution in [-0.4, -0.2) is 20.0 Å². The molecule has 0 unspecified atom stereocenters. The number of pyridine rings is 1. The third-order valence-electron chi connectivity index (χ3n) is 8.24. The van der Waals surface area contributed by atoms with Gasteiger partial charge in [0.05, 0.1) is 45.7 Å². The van der Waals surface area contributed by atoms with Crippen molar-refractivity contribution in [3.05, 3.63) is 144 Å². The predicted octanol–water partition coefficient (Wildman–Crippen LogP) is 9.14. The van der Waals surface area contributed by atoms with Crippen LogP contribution in [0, 0.1) is 34.3 Å². The van der Waals surface area contributed by atoms with Gasteiger partial charge in [0.2, 0.25) is 0 Å². The molecular weight excluding hydrogens is 590 g/mol. The molecule has 8 aromatic rings. The van der Waals surface area contributed by atoms with Crippen molar-refractivity contribution in [2.45, 2.75) is 0 Å². The number of halogens is 2. The molecule has 0 aliphatic heterocycles. The third kappa shape index (κ3) is 4.64. The van der Waals surface area contributed by atoms with Gasteiger partial charge in [0, 0.05) is 27.3 Å². The molecule has 0 amide bonds. The molecule has 0 atom stereocenters. The van der Waals surface area contributed by atoms with E-state index in [0.717, 1.165) is 39.6 Å². The van der Waals surface area contributed by atoms with Crippen molar-refractivity contribution in [3.63, 3.8) is 0 Å². The average molecular weight is 611 g/mol. The lowest BCUT2D eigenvalue weighted by atomic mass is 9.92. The van der Waals surface area contributed by atoms with E-state index >= 15 is 8.78 Å². The molecule has 0 N–H and O–H groups in total. The van der Waals surface area contributed by atoms with Gasteiger partial charge in [-0.2, -0.15) is 15.3 Å². The molecule has 6 aromatic carbocycles. The van der Waals surface area contributed by atoms with E-state index in [1.165, 1.54) is 4.80 Å². The van der Waals surface area contributed by atoms with Crippen molar-refractivity contribution in [1.29, 1.82) is 10.5 Å². The molecule has 2 heterocycles. The van der Waals surface area contributed by atoms with Gasteiger partial charge in [0.15, 0.2) is 0 Å². The molecule has 47 heavy (non-hydrogen) atoms. The normalized spacial score (nSPS) is 11.1. The van der Waals surface area contributed by atoms with Crippen molar-refractivity contribution in [1.82, 2.24) is 20.0 Å². The summed E-state index contributed by atoms with van der Waals surface area (Å²) in [5.41, 5.74) is 5.71. The predicted molar refractivity (Wildman–Crippen MR) is 177 cm³/mol. The molecule has 220 valence electrons. The maximum atomic E-state index is 15.7. The lowest BCUT2D eigenvalue weighted by Crippen LogP contribution is -1.98. The number of hydrogen-bond acceptors (Lipinski definition) is 5. The number of nitrogens with zero attached hydrogens (tertiary/aromatic N) is 6. The molecule has 0 bridgehead atoms. The van der Waals surface area contributed by atoms with Crippen LogP contribution < -0.4 is 0 Å². The summed E-state index contributed by atoms with van der Waals surface area (Å²) in [4.78, 5) is 6.60. The minimum absolute atomic E-state index is 0.121. The summed E-state index contributed by atoms with van der Waals surface area (Å²) in [6.45, 7) is 0. The average Bonchev–Trinajstić information content (AvgIpc) is 3.57. The number of rotatable bonds is 4. The van der Waals surface area contributed by atoms with E-state index in [2.05, 4.69) is 6.07 Å². The first-order valence-electron chi connectivity index (χ1n) is 14.7. The van der Waals surface area contributed by atoms with Crippen LogP contribution in [0.25, 0.3) is 71.9 Å². The van der Waals surface area contributed by atoms with Gasteiger partial charge >= 0.3 is 0 Å². The van der Waals surface area contributed by atoms with Crippen molar-refractivity contribution in [3.8, 4) is 51.3 Å². The fraction of sp³-hybridized carbons (Fsp3) is 0. The number of nitriles is 2. The second-order valence-corrected chi connectivity index (χ2v) is 11.0. The van der Waals surface area contributed by atoms with Crippen molar-refractivity contribution < 1.29 is 8.78 Å². The highest BCUT2D eigenvalue weighted by atomic mass is 19.1. The lowest BCUT2D eigenvalue weighted by molar-refractivity contribution is 0.589. The molecular formula is C39H20F2N6. The van der Waals surface area contributed by atoms with Gasteiger partial charge in [-0.15, -0.1) is 10.2 Å². The standard InChI is InChI=1S/C39H20F2N6/c40-32-17-24(22-43)18-33(41)36(32)31-20-30-35(39-38(31)45-47(46-39)28-9-5-2-6-10-28)29-16-15-27(25-13-11-23(21-42)12-14-25)19-34(29)44-37(30)26-7-3-1-4-8-26/h1-20H. The van der Waals surface area contributed by atoms with Crippen LogP contribution in [0.5, 0.6) is 0 Å². The molecule has 8 heteroatoms. The number of fused-ring (bicyclic) bond motifs is 5. The van der Waals surface area contributed by atoms with Crippen LogP contribution in [0.2, 0.25) is 0 Å². The van der Waals surface area contributed by atoms with Gasteiger partial charge in [-0.3, -0.25) is 0 Å². The third-order valence-corrected chi connectivity index (χ3v) is 8.24. The van der Waals surface area contributed by atoms with Gasteiger partial charge in [0.1, 0.15) is 22.7 Å². The largest absolute Gasteiger partial charge is 0.247 e. The first-order chi connectivity index (χ1) is 23.0. The van der Waals surface area contributed by atoms with Crippen LogP contribution in [-0.2, 0) is 0 Å². The number of benzene rings is 6. The van der Waals surface area contributed by atoms with Crippen LogP contribution in [0.3, 0.4) is 0 Å². The molecule has 0 radical (unpaired) electrons. The zero-order chi connectivity index (χ0) is 32.1.